The Morgan fingerprint density at radius 2 is 1.97 bits per heavy atom. The predicted molar refractivity (Wildman–Crippen MR) is 118 cm³/mol. The Labute approximate surface area is 172 Å². The van der Waals surface area contributed by atoms with E-state index < -0.39 is 0 Å². The molecule has 1 N–H and O–H groups in total. The van der Waals surface area contributed by atoms with Gasteiger partial charge >= 0.3 is 0 Å². The molecule has 0 unspecified atom stereocenters. The van der Waals surface area contributed by atoms with Gasteiger partial charge < -0.3 is 14.8 Å². The third kappa shape index (κ3) is 4.22. The summed E-state index contributed by atoms with van der Waals surface area (Å²) < 4.78 is 4.27. The van der Waals surface area contributed by atoms with Crippen LogP contribution in [0.3, 0.4) is 0 Å². The second-order valence-electron chi connectivity index (χ2n) is 9.35. The van der Waals surface area contributed by atoms with Crippen molar-refractivity contribution >= 4 is 22.5 Å². The molecule has 6 nitrogen and oxygen atoms in total. The molecular formula is C23H31N5O. The maximum absolute atomic E-state index is 12.9. The fourth-order valence-electron chi connectivity index (χ4n) is 3.69. The van der Waals surface area contributed by atoms with Crippen LogP contribution in [0.5, 0.6) is 0 Å². The Kier molecular flexibility index (Phi) is 4.99. The summed E-state index contributed by atoms with van der Waals surface area (Å²) in [4.78, 5) is 15.0. The molecule has 0 saturated heterocycles. The van der Waals surface area contributed by atoms with E-state index in [2.05, 4.69) is 73.1 Å². The van der Waals surface area contributed by atoms with Gasteiger partial charge in [-0.1, -0.05) is 0 Å². The zero-order valence-electron chi connectivity index (χ0n) is 18.1. The van der Waals surface area contributed by atoms with Crippen LogP contribution in [0.15, 0.2) is 36.5 Å². The van der Waals surface area contributed by atoms with Crippen LogP contribution >= 0.6 is 0 Å². The predicted octanol–water partition coefficient (Wildman–Crippen LogP) is 4.28. The van der Waals surface area contributed by atoms with Crippen molar-refractivity contribution in [2.24, 2.45) is 0 Å². The second kappa shape index (κ2) is 7.34. The molecule has 0 aliphatic heterocycles. The van der Waals surface area contributed by atoms with Gasteiger partial charge in [-0.15, -0.1) is 0 Å². The minimum absolute atomic E-state index is 0.134. The number of rotatable bonds is 6. The van der Waals surface area contributed by atoms with Crippen molar-refractivity contribution < 1.29 is 4.79 Å². The van der Waals surface area contributed by atoms with E-state index >= 15 is 0 Å². The smallest absolute Gasteiger partial charge is 0.276 e. The maximum Gasteiger partial charge on any atom is 0.276 e. The first-order valence-corrected chi connectivity index (χ1v) is 10.4. The van der Waals surface area contributed by atoms with Gasteiger partial charge in [-0.25, -0.2) is 0 Å². The number of carbonyl (C=O) groups excluding carboxylic acids is 1. The molecule has 0 radical (unpaired) electrons. The van der Waals surface area contributed by atoms with Crippen LogP contribution < -0.4 is 5.32 Å². The van der Waals surface area contributed by atoms with Crippen LogP contribution in [0.4, 0.5) is 5.69 Å². The average Bonchev–Trinajstić information content (AvgIpc) is 3.25. The highest BCUT2D eigenvalue weighted by Crippen LogP contribution is 2.41. The van der Waals surface area contributed by atoms with E-state index in [9.17, 15) is 4.79 Å². The van der Waals surface area contributed by atoms with Crippen LogP contribution in [-0.4, -0.2) is 45.8 Å². The van der Waals surface area contributed by atoms with Gasteiger partial charge in [-0.2, -0.15) is 5.10 Å². The third-order valence-electron chi connectivity index (χ3n) is 5.42. The third-order valence-corrected chi connectivity index (χ3v) is 5.42. The van der Waals surface area contributed by atoms with Crippen molar-refractivity contribution in [3.63, 3.8) is 0 Å². The molecule has 6 heteroatoms. The quantitative estimate of drug-likeness (QED) is 0.680. The van der Waals surface area contributed by atoms with E-state index in [4.69, 9.17) is 0 Å². The highest BCUT2D eigenvalue weighted by atomic mass is 16.2. The van der Waals surface area contributed by atoms with Gasteiger partial charge in [0, 0.05) is 47.5 Å². The Morgan fingerprint density at radius 1 is 1.21 bits per heavy atom. The number of hydrogen-bond acceptors (Lipinski definition) is 3. The van der Waals surface area contributed by atoms with Crippen molar-refractivity contribution in [2.75, 3.05) is 26.0 Å². The Bertz CT molecular complexity index is 1030. The number of nitrogens with one attached hydrogen (secondary N) is 1. The maximum atomic E-state index is 12.9. The molecular weight excluding hydrogens is 362 g/mol. The van der Waals surface area contributed by atoms with Crippen LogP contribution in [0.1, 0.15) is 55.7 Å². The van der Waals surface area contributed by atoms with Crippen LogP contribution in [0.25, 0.3) is 10.9 Å². The molecule has 154 valence electrons. The van der Waals surface area contributed by atoms with E-state index in [-0.39, 0.29) is 11.4 Å². The van der Waals surface area contributed by atoms with Crippen LogP contribution in [0.2, 0.25) is 0 Å². The first kappa shape index (κ1) is 19.7. The molecule has 4 rings (SSSR count). The van der Waals surface area contributed by atoms with Crippen molar-refractivity contribution in [1.82, 2.24) is 19.2 Å². The highest BCUT2D eigenvalue weighted by molar-refractivity contribution is 6.04. The number of benzene rings is 1. The molecule has 2 aromatic heterocycles. The minimum Gasteiger partial charge on any atom is -0.346 e. The van der Waals surface area contributed by atoms with E-state index in [0.717, 1.165) is 24.2 Å². The monoisotopic (exact) mass is 393 g/mol. The standard InChI is InChI=1S/C23H31N5O/c1-23(2,3)28-21(16-6-7-16)15-19(25-28)22(29)24-18-8-9-20-17(14-18)10-11-27(20)13-12-26(4)5/h8-11,14-16H,6-7,12-13H2,1-5H3,(H,24,29). The summed E-state index contributed by atoms with van der Waals surface area (Å²) in [7, 11) is 4.16. The number of nitrogens with zero attached hydrogens (tertiary/aromatic N) is 4. The van der Waals surface area contributed by atoms with Crippen LogP contribution in [0, 0.1) is 0 Å². The normalized spacial score (nSPS) is 14.7. The molecule has 0 atom stereocenters. The summed E-state index contributed by atoms with van der Waals surface area (Å²) >= 11 is 0. The molecule has 1 saturated carbocycles. The molecule has 1 aromatic carbocycles. The van der Waals surface area contributed by atoms with Gasteiger partial charge in [0.2, 0.25) is 0 Å². The lowest BCUT2D eigenvalue weighted by Gasteiger charge is -2.22. The van der Waals surface area contributed by atoms with Gasteiger partial charge in [0.15, 0.2) is 5.69 Å². The van der Waals surface area contributed by atoms with Gasteiger partial charge in [0.1, 0.15) is 0 Å². The molecule has 1 aliphatic rings. The molecule has 1 fully saturated rings. The summed E-state index contributed by atoms with van der Waals surface area (Å²) in [6, 6.07) is 10.1. The van der Waals surface area contributed by atoms with E-state index in [1.165, 1.54) is 24.1 Å². The number of fused-ring (bicyclic) bond motifs is 1. The number of anilines is 1. The Hall–Kier alpha value is -2.60. The van der Waals surface area contributed by atoms with Crippen molar-refractivity contribution in [3.05, 3.63) is 47.9 Å². The summed E-state index contributed by atoms with van der Waals surface area (Å²) in [5.41, 5.74) is 3.51. The average molecular weight is 394 g/mol. The molecule has 1 aliphatic carbocycles. The lowest BCUT2D eigenvalue weighted by molar-refractivity contribution is 0.102. The number of carbonyl (C=O) groups is 1. The molecule has 29 heavy (non-hydrogen) atoms. The molecule has 1 amide bonds. The molecule has 0 spiro atoms. The van der Waals surface area contributed by atoms with E-state index in [1.54, 1.807) is 0 Å². The topological polar surface area (TPSA) is 55.1 Å². The van der Waals surface area contributed by atoms with Crippen molar-refractivity contribution in [3.8, 4) is 0 Å². The summed E-state index contributed by atoms with van der Waals surface area (Å²) in [6.45, 7) is 8.31. The number of aromatic nitrogens is 3. The lowest BCUT2D eigenvalue weighted by Crippen LogP contribution is -2.25. The van der Waals surface area contributed by atoms with E-state index in [1.807, 2.05) is 22.9 Å². The fraction of sp³-hybridized carbons (Fsp3) is 0.478. The largest absolute Gasteiger partial charge is 0.346 e. The van der Waals surface area contributed by atoms with Crippen molar-refractivity contribution in [2.45, 2.75) is 51.6 Å². The summed E-state index contributed by atoms with van der Waals surface area (Å²) in [5, 5.41) is 8.80. The van der Waals surface area contributed by atoms with E-state index in [0.29, 0.717) is 11.6 Å². The first-order valence-electron chi connectivity index (χ1n) is 10.4. The Morgan fingerprint density at radius 3 is 2.62 bits per heavy atom. The zero-order valence-corrected chi connectivity index (χ0v) is 18.1. The first-order chi connectivity index (χ1) is 13.7. The van der Waals surface area contributed by atoms with Gasteiger partial charge in [-0.3, -0.25) is 9.48 Å². The Balaban J connectivity index is 1.53. The van der Waals surface area contributed by atoms with Gasteiger partial charge in [0.25, 0.3) is 5.91 Å². The highest BCUT2D eigenvalue weighted by Gasteiger charge is 2.32. The van der Waals surface area contributed by atoms with Gasteiger partial charge in [-0.05, 0) is 78.0 Å². The van der Waals surface area contributed by atoms with Gasteiger partial charge in [0.05, 0.1) is 5.54 Å². The lowest BCUT2D eigenvalue weighted by atomic mass is 10.1. The number of likely N-dealkylation sites (N-methyl/N-ethyl adjacent to an activating group) is 1. The number of hydrogen-bond donors (Lipinski definition) is 1. The second-order valence-corrected chi connectivity index (χ2v) is 9.35. The molecule has 2 heterocycles. The minimum atomic E-state index is -0.152. The molecule has 3 aromatic rings. The SMILES string of the molecule is CN(C)CCn1ccc2cc(NC(=O)c3cc(C4CC4)n(C(C)(C)C)n3)ccc21. The molecule has 0 bridgehead atoms. The fourth-order valence-corrected chi connectivity index (χ4v) is 3.69. The van der Waals surface area contributed by atoms with Crippen molar-refractivity contribution in [1.29, 1.82) is 0 Å². The van der Waals surface area contributed by atoms with Crippen LogP contribution in [-0.2, 0) is 12.1 Å². The summed E-state index contributed by atoms with van der Waals surface area (Å²) in [5.74, 6) is 0.392. The summed E-state index contributed by atoms with van der Waals surface area (Å²) in [6.07, 6.45) is 4.47. The number of amides is 1. The zero-order chi connectivity index (χ0) is 20.8.